The van der Waals surface area contributed by atoms with Gasteiger partial charge in [-0.3, -0.25) is 14.7 Å². The Morgan fingerprint density at radius 3 is 2.50 bits per heavy atom. The molecule has 0 radical (unpaired) electrons. The second-order valence-electron chi connectivity index (χ2n) is 7.79. The van der Waals surface area contributed by atoms with Crippen molar-refractivity contribution in [3.63, 3.8) is 0 Å². The fourth-order valence-electron chi connectivity index (χ4n) is 3.06. The third-order valence-corrected chi connectivity index (χ3v) is 4.33. The van der Waals surface area contributed by atoms with Gasteiger partial charge in [-0.2, -0.15) is 0 Å². The van der Waals surface area contributed by atoms with Crippen LogP contribution in [0.15, 0.2) is 48.8 Å². The molecule has 0 aliphatic carbocycles. The van der Waals surface area contributed by atoms with Crippen molar-refractivity contribution < 1.29 is 18.7 Å². The van der Waals surface area contributed by atoms with Crippen LogP contribution in [0.4, 0.5) is 14.9 Å². The van der Waals surface area contributed by atoms with E-state index in [0.717, 1.165) is 16.0 Å². The number of carbonyl (C=O) groups is 2. The van der Waals surface area contributed by atoms with Crippen LogP contribution in [0.2, 0.25) is 0 Å². The van der Waals surface area contributed by atoms with Crippen LogP contribution >= 0.6 is 0 Å². The molecule has 2 heterocycles. The van der Waals surface area contributed by atoms with E-state index in [-0.39, 0.29) is 13.0 Å². The Bertz CT molecular complexity index is 834. The van der Waals surface area contributed by atoms with Crippen LogP contribution in [-0.4, -0.2) is 46.2 Å². The average Bonchev–Trinajstić information content (AvgIpc) is 3.04. The predicted octanol–water partition coefficient (Wildman–Crippen LogP) is 4.03. The molecule has 1 saturated heterocycles. The molecule has 2 amide bonds. The number of ether oxygens (including phenoxy) is 1. The highest BCUT2D eigenvalue weighted by Crippen LogP contribution is 2.25. The minimum Gasteiger partial charge on any atom is -0.444 e. The highest BCUT2D eigenvalue weighted by molar-refractivity contribution is 5.97. The third-order valence-electron chi connectivity index (χ3n) is 4.33. The van der Waals surface area contributed by atoms with Gasteiger partial charge in [0.2, 0.25) is 5.91 Å². The van der Waals surface area contributed by atoms with Crippen molar-refractivity contribution in [2.75, 3.05) is 11.9 Å². The molecule has 0 spiro atoms. The molecule has 1 aliphatic heterocycles. The predicted molar refractivity (Wildman–Crippen MR) is 105 cm³/mol. The first-order valence-electron chi connectivity index (χ1n) is 9.18. The normalized spacial score (nSPS) is 19.4. The molecule has 0 unspecified atom stereocenters. The number of aromatic nitrogens is 1. The van der Waals surface area contributed by atoms with Gasteiger partial charge in [-0.25, -0.2) is 9.18 Å². The molecule has 7 heteroatoms. The smallest absolute Gasteiger partial charge is 0.411 e. The summed E-state index contributed by atoms with van der Waals surface area (Å²) >= 11 is 0. The molecular weight excluding hydrogens is 361 g/mol. The standard InChI is InChI=1S/C21H24FN3O3/c1-21(2,3)28-20(27)25-13-16(22)11-18(25)19(26)24-17-8-6-14(7-9-17)15-5-4-10-23-12-15/h4-10,12,16,18H,11,13H2,1-3H3,(H,24,26)/t16-,18+/m0/s1. The Hall–Kier alpha value is -2.96. The van der Waals surface area contributed by atoms with E-state index in [1.807, 2.05) is 24.3 Å². The first-order chi connectivity index (χ1) is 13.2. The van der Waals surface area contributed by atoms with Crippen molar-refractivity contribution in [3.05, 3.63) is 48.8 Å². The molecular formula is C21H24FN3O3. The Kier molecular flexibility index (Phi) is 5.63. The van der Waals surface area contributed by atoms with Crippen LogP contribution in [-0.2, 0) is 9.53 Å². The summed E-state index contributed by atoms with van der Waals surface area (Å²) in [4.78, 5) is 30.2. The number of hydrogen-bond donors (Lipinski definition) is 1. The lowest BCUT2D eigenvalue weighted by molar-refractivity contribution is -0.120. The first-order valence-corrected chi connectivity index (χ1v) is 9.18. The van der Waals surface area contributed by atoms with Crippen molar-refractivity contribution in [3.8, 4) is 11.1 Å². The number of amides is 2. The molecule has 1 N–H and O–H groups in total. The number of nitrogens with one attached hydrogen (secondary N) is 1. The van der Waals surface area contributed by atoms with E-state index in [9.17, 15) is 14.0 Å². The number of alkyl halides is 1. The lowest BCUT2D eigenvalue weighted by Crippen LogP contribution is -2.45. The van der Waals surface area contributed by atoms with Crippen molar-refractivity contribution in [1.82, 2.24) is 9.88 Å². The molecule has 2 atom stereocenters. The molecule has 28 heavy (non-hydrogen) atoms. The van der Waals surface area contributed by atoms with Gasteiger partial charge in [-0.1, -0.05) is 18.2 Å². The largest absolute Gasteiger partial charge is 0.444 e. The van der Waals surface area contributed by atoms with Crippen LogP contribution in [0, 0.1) is 0 Å². The molecule has 148 valence electrons. The van der Waals surface area contributed by atoms with Crippen molar-refractivity contribution in [1.29, 1.82) is 0 Å². The second-order valence-corrected chi connectivity index (χ2v) is 7.79. The number of anilines is 1. The lowest BCUT2D eigenvalue weighted by Gasteiger charge is -2.27. The highest BCUT2D eigenvalue weighted by atomic mass is 19.1. The highest BCUT2D eigenvalue weighted by Gasteiger charge is 2.41. The summed E-state index contributed by atoms with van der Waals surface area (Å²) in [5, 5.41) is 2.76. The van der Waals surface area contributed by atoms with Gasteiger partial charge >= 0.3 is 6.09 Å². The topological polar surface area (TPSA) is 71.5 Å². The zero-order valence-electron chi connectivity index (χ0n) is 16.2. The molecule has 1 aliphatic rings. The van der Waals surface area contributed by atoms with E-state index >= 15 is 0 Å². The summed E-state index contributed by atoms with van der Waals surface area (Å²) < 4.78 is 19.2. The van der Waals surface area contributed by atoms with Gasteiger partial charge in [-0.15, -0.1) is 0 Å². The average molecular weight is 385 g/mol. The summed E-state index contributed by atoms with van der Waals surface area (Å²) in [6.45, 7) is 5.04. The molecule has 1 fully saturated rings. The van der Waals surface area contributed by atoms with E-state index in [4.69, 9.17) is 4.74 Å². The second kappa shape index (κ2) is 7.96. The minimum absolute atomic E-state index is 0.0428. The number of rotatable bonds is 3. The Labute approximate surface area is 163 Å². The van der Waals surface area contributed by atoms with E-state index in [1.165, 1.54) is 0 Å². The van der Waals surface area contributed by atoms with Gasteiger partial charge in [0.25, 0.3) is 0 Å². The Morgan fingerprint density at radius 2 is 1.89 bits per heavy atom. The van der Waals surface area contributed by atoms with Crippen LogP contribution < -0.4 is 5.32 Å². The van der Waals surface area contributed by atoms with E-state index in [1.54, 1.807) is 45.3 Å². The maximum Gasteiger partial charge on any atom is 0.411 e. The fourth-order valence-corrected chi connectivity index (χ4v) is 3.06. The summed E-state index contributed by atoms with van der Waals surface area (Å²) in [7, 11) is 0. The maximum absolute atomic E-state index is 13.9. The molecule has 1 aromatic carbocycles. The van der Waals surface area contributed by atoms with Crippen LogP contribution in [0.1, 0.15) is 27.2 Å². The zero-order chi connectivity index (χ0) is 20.3. The van der Waals surface area contributed by atoms with Gasteiger partial charge in [0.05, 0.1) is 6.54 Å². The fraction of sp³-hybridized carbons (Fsp3) is 0.381. The third kappa shape index (κ3) is 4.85. The number of halogens is 1. The van der Waals surface area contributed by atoms with Crippen molar-refractivity contribution >= 4 is 17.7 Å². The summed E-state index contributed by atoms with van der Waals surface area (Å²) in [5.41, 5.74) is 1.79. The monoisotopic (exact) mass is 385 g/mol. The molecule has 0 saturated carbocycles. The van der Waals surface area contributed by atoms with Crippen LogP contribution in [0.25, 0.3) is 11.1 Å². The SMILES string of the molecule is CC(C)(C)OC(=O)N1C[C@@H](F)C[C@@H]1C(=O)Nc1ccc(-c2cccnc2)cc1. The first kappa shape index (κ1) is 19.8. The van der Waals surface area contributed by atoms with E-state index in [0.29, 0.717) is 5.69 Å². The Morgan fingerprint density at radius 1 is 1.18 bits per heavy atom. The summed E-state index contributed by atoms with van der Waals surface area (Å²) in [5.74, 6) is -0.430. The van der Waals surface area contributed by atoms with Gasteiger partial charge < -0.3 is 10.1 Å². The number of benzene rings is 1. The summed E-state index contributed by atoms with van der Waals surface area (Å²) in [6, 6.07) is 10.2. The van der Waals surface area contributed by atoms with Gasteiger partial charge in [0, 0.05) is 24.5 Å². The molecule has 0 bridgehead atoms. The van der Waals surface area contributed by atoms with Gasteiger partial charge in [0.1, 0.15) is 17.8 Å². The molecule has 1 aromatic heterocycles. The number of nitrogens with zero attached hydrogens (tertiary/aromatic N) is 2. The number of carbonyl (C=O) groups excluding carboxylic acids is 2. The van der Waals surface area contributed by atoms with Gasteiger partial charge in [-0.05, 0) is 50.1 Å². The number of hydrogen-bond acceptors (Lipinski definition) is 4. The van der Waals surface area contributed by atoms with E-state index < -0.39 is 29.8 Å². The number of pyridine rings is 1. The maximum atomic E-state index is 13.9. The van der Waals surface area contributed by atoms with Crippen molar-refractivity contribution in [2.24, 2.45) is 0 Å². The van der Waals surface area contributed by atoms with E-state index in [2.05, 4.69) is 10.3 Å². The molecule has 3 rings (SSSR count). The van der Waals surface area contributed by atoms with Crippen molar-refractivity contribution in [2.45, 2.75) is 45.0 Å². The lowest BCUT2D eigenvalue weighted by atomic mass is 10.1. The van der Waals surface area contributed by atoms with Gasteiger partial charge in [0.15, 0.2) is 0 Å². The molecule has 6 nitrogen and oxygen atoms in total. The minimum atomic E-state index is -1.25. The molecule has 2 aromatic rings. The zero-order valence-corrected chi connectivity index (χ0v) is 16.2. The van der Waals surface area contributed by atoms with Crippen LogP contribution in [0.3, 0.4) is 0 Å². The van der Waals surface area contributed by atoms with Crippen LogP contribution in [0.5, 0.6) is 0 Å². The summed E-state index contributed by atoms with van der Waals surface area (Å²) in [6.07, 6.45) is 1.48. The Balaban J connectivity index is 1.68. The quantitative estimate of drug-likeness (QED) is 0.866. The number of likely N-dealkylation sites (tertiary alicyclic amines) is 1.